The molecule has 0 bridgehead atoms. The number of nitrogens with zero attached hydrogens (tertiary/aromatic N) is 1. The van der Waals surface area contributed by atoms with Crippen molar-refractivity contribution in [1.82, 2.24) is 4.90 Å². The van der Waals surface area contributed by atoms with Gasteiger partial charge in [0.1, 0.15) is 5.82 Å². The average Bonchev–Trinajstić information content (AvgIpc) is 2.78. The van der Waals surface area contributed by atoms with Crippen LogP contribution in [0.3, 0.4) is 0 Å². The number of benzene rings is 1. The van der Waals surface area contributed by atoms with Gasteiger partial charge in [-0.1, -0.05) is 13.8 Å². The standard InChI is InChI=1S/C17H21FN2OS/c1-10-12-8-11(18)4-5-13(12)22-15(10)16(21)20-7-6-14(19)17(2,3)9-20/h4-5,8,14H,6-7,9,19H2,1-3H3. The fourth-order valence-electron chi connectivity index (χ4n) is 3.09. The largest absolute Gasteiger partial charge is 0.337 e. The van der Waals surface area contributed by atoms with Gasteiger partial charge in [-0.2, -0.15) is 0 Å². The lowest BCUT2D eigenvalue weighted by atomic mass is 9.79. The van der Waals surface area contributed by atoms with E-state index in [0.29, 0.717) is 18.0 Å². The Bertz CT molecular complexity index is 738. The maximum atomic E-state index is 13.4. The molecule has 2 heterocycles. The Hall–Kier alpha value is -1.46. The maximum absolute atomic E-state index is 13.4. The van der Waals surface area contributed by atoms with Gasteiger partial charge in [0.25, 0.3) is 5.91 Å². The Morgan fingerprint density at radius 2 is 2.18 bits per heavy atom. The molecule has 5 heteroatoms. The van der Waals surface area contributed by atoms with Crippen LogP contribution >= 0.6 is 11.3 Å². The first-order chi connectivity index (χ1) is 10.3. The molecule has 1 aromatic carbocycles. The summed E-state index contributed by atoms with van der Waals surface area (Å²) in [7, 11) is 0. The van der Waals surface area contributed by atoms with Crippen molar-refractivity contribution in [3.8, 4) is 0 Å². The molecular formula is C17H21FN2OS. The molecule has 1 unspecified atom stereocenters. The summed E-state index contributed by atoms with van der Waals surface area (Å²) in [5, 5.41) is 0.835. The second-order valence-corrected chi connectivity index (χ2v) is 7.86. The molecule has 0 saturated carbocycles. The first kappa shape index (κ1) is 15.4. The highest BCUT2D eigenvalue weighted by Gasteiger charge is 2.36. The molecule has 1 atom stereocenters. The third kappa shape index (κ3) is 2.52. The Labute approximate surface area is 133 Å². The van der Waals surface area contributed by atoms with E-state index in [-0.39, 0.29) is 23.2 Å². The summed E-state index contributed by atoms with van der Waals surface area (Å²) >= 11 is 1.45. The Morgan fingerprint density at radius 3 is 2.86 bits per heavy atom. The third-order valence-electron chi connectivity index (χ3n) is 4.69. The first-order valence-electron chi connectivity index (χ1n) is 7.53. The molecule has 1 aliphatic heterocycles. The quantitative estimate of drug-likeness (QED) is 0.873. The molecule has 0 aliphatic carbocycles. The number of carbonyl (C=O) groups is 1. The van der Waals surface area contributed by atoms with E-state index in [1.54, 1.807) is 6.07 Å². The zero-order chi connectivity index (χ0) is 16.1. The van der Waals surface area contributed by atoms with Crippen LogP contribution in [0.4, 0.5) is 4.39 Å². The molecule has 2 aromatic rings. The first-order valence-corrected chi connectivity index (χ1v) is 8.35. The molecule has 2 N–H and O–H groups in total. The second-order valence-electron chi connectivity index (χ2n) is 6.81. The zero-order valence-corrected chi connectivity index (χ0v) is 14.0. The summed E-state index contributed by atoms with van der Waals surface area (Å²) in [6.07, 6.45) is 0.817. The molecule has 1 saturated heterocycles. The molecule has 0 spiro atoms. The minimum atomic E-state index is -0.266. The van der Waals surface area contributed by atoms with Gasteiger partial charge >= 0.3 is 0 Å². The Kier molecular flexibility index (Phi) is 3.73. The number of amides is 1. The molecule has 3 nitrogen and oxygen atoms in total. The van der Waals surface area contributed by atoms with E-state index in [9.17, 15) is 9.18 Å². The van der Waals surface area contributed by atoms with Gasteiger partial charge in [0.15, 0.2) is 0 Å². The number of piperidine rings is 1. The molecule has 1 aliphatic rings. The van der Waals surface area contributed by atoms with Crippen molar-refractivity contribution >= 4 is 27.3 Å². The summed E-state index contributed by atoms with van der Waals surface area (Å²) in [5.74, 6) is -0.225. The van der Waals surface area contributed by atoms with Crippen LogP contribution < -0.4 is 5.73 Å². The summed E-state index contributed by atoms with van der Waals surface area (Å²) in [6, 6.07) is 4.81. The second kappa shape index (κ2) is 5.32. The van der Waals surface area contributed by atoms with Gasteiger partial charge in [-0.25, -0.2) is 4.39 Å². The van der Waals surface area contributed by atoms with Gasteiger partial charge in [-0.3, -0.25) is 4.79 Å². The summed E-state index contributed by atoms with van der Waals surface area (Å²) in [5.41, 5.74) is 6.94. The van der Waals surface area contributed by atoms with E-state index < -0.39 is 0 Å². The lowest BCUT2D eigenvalue weighted by molar-refractivity contribution is 0.0537. The molecule has 1 amide bonds. The molecule has 118 valence electrons. The maximum Gasteiger partial charge on any atom is 0.264 e. The molecule has 1 fully saturated rings. The van der Waals surface area contributed by atoms with Crippen LogP contribution in [0.5, 0.6) is 0 Å². The van der Waals surface area contributed by atoms with E-state index in [1.807, 2.05) is 11.8 Å². The number of hydrogen-bond acceptors (Lipinski definition) is 3. The minimum absolute atomic E-state index is 0.0408. The van der Waals surface area contributed by atoms with Crippen LogP contribution in [0, 0.1) is 18.2 Å². The molecule has 1 aromatic heterocycles. The van der Waals surface area contributed by atoms with Gasteiger partial charge in [0.05, 0.1) is 4.88 Å². The summed E-state index contributed by atoms with van der Waals surface area (Å²) in [4.78, 5) is 15.5. The van der Waals surface area contributed by atoms with Crippen LogP contribution in [-0.2, 0) is 0 Å². The number of likely N-dealkylation sites (tertiary alicyclic amines) is 1. The number of aryl methyl sites for hydroxylation is 1. The summed E-state index contributed by atoms with van der Waals surface area (Å²) in [6.45, 7) is 7.45. The Morgan fingerprint density at radius 1 is 1.45 bits per heavy atom. The van der Waals surface area contributed by atoms with E-state index >= 15 is 0 Å². The summed E-state index contributed by atoms with van der Waals surface area (Å²) < 4.78 is 14.4. The van der Waals surface area contributed by atoms with Gasteiger partial charge in [-0.15, -0.1) is 11.3 Å². The fourth-order valence-corrected chi connectivity index (χ4v) is 4.25. The van der Waals surface area contributed by atoms with Crippen LogP contribution in [-0.4, -0.2) is 29.9 Å². The van der Waals surface area contributed by atoms with Crippen molar-refractivity contribution in [2.24, 2.45) is 11.1 Å². The third-order valence-corrected chi connectivity index (χ3v) is 5.95. The van der Waals surface area contributed by atoms with Crippen LogP contribution in [0.1, 0.15) is 35.5 Å². The van der Waals surface area contributed by atoms with Crippen molar-refractivity contribution < 1.29 is 9.18 Å². The normalized spacial score (nSPS) is 21.3. The van der Waals surface area contributed by atoms with Crippen LogP contribution in [0.2, 0.25) is 0 Å². The fraction of sp³-hybridized carbons (Fsp3) is 0.471. The Balaban J connectivity index is 1.94. The van der Waals surface area contributed by atoms with Gasteiger partial charge in [-0.05, 0) is 47.9 Å². The zero-order valence-electron chi connectivity index (χ0n) is 13.1. The smallest absolute Gasteiger partial charge is 0.264 e. The van der Waals surface area contributed by atoms with Crippen LogP contribution in [0.25, 0.3) is 10.1 Å². The molecular weight excluding hydrogens is 299 g/mol. The van der Waals surface area contributed by atoms with Crippen molar-refractivity contribution in [1.29, 1.82) is 0 Å². The molecule has 3 rings (SSSR count). The SMILES string of the molecule is Cc1c(C(=O)N2CCC(N)C(C)(C)C2)sc2ccc(F)cc12. The topological polar surface area (TPSA) is 46.3 Å². The van der Waals surface area contributed by atoms with Crippen LogP contribution in [0.15, 0.2) is 18.2 Å². The van der Waals surface area contributed by atoms with E-state index in [2.05, 4.69) is 13.8 Å². The number of thiophene rings is 1. The van der Waals surface area contributed by atoms with Crippen molar-refractivity contribution in [3.63, 3.8) is 0 Å². The highest BCUT2D eigenvalue weighted by Crippen LogP contribution is 2.34. The average molecular weight is 320 g/mol. The molecule has 22 heavy (non-hydrogen) atoms. The number of carbonyl (C=O) groups excluding carboxylic acids is 1. The van der Waals surface area contributed by atoms with Crippen molar-refractivity contribution in [3.05, 3.63) is 34.5 Å². The van der Waals surface area contributed by atoms with Gasteiger partial charge in [0.2, 0.25) is 0 Å². The predicted octanol–water partition coefficient (Wildman–Crippen LogP) is 3.55. The minimum Gasteiger partial charge on any atom is -0.337 e. The molecule has 0 radical (unpaired) electrons. The lowest BCUT2D eigenvalue weighted by Gasteiger charge is -2.42. The number of fused-ring (bicyclic) bond motifs is 1. The van der Waals surface area contributed by atoms with Gasteiger partial charge < -0.3 is 10.6 Å². The van der Waals surface area contributed by atoms with E-state index in [4.69, 9.17) is 5.73 Å². The number of halogens is 1. The van der Waals surface area contributed by atoms with E-state index in [1.165, 1.54) is 23.5 Å². The number of hydrogen-bond donors (Lipinski definition) is 1. The monoisotopic (exact) mass is 320 g/mol. The van der Waals surface area contributed by atoms with Crippen molar-refractivity contribution in [2.75, 3.05) is 13.1 Å². The van der Waals surface area contributed by atoms with E-state index in [0.717, 1.165) is 22.1 Å². The number of nitrogens with two attached hydrogens (primary N) is 1. The van der Waals surface area contributed by atoms with Gasteiger partial charge in [0, 0.05) is 23.8 Å². The lowest BCUT2D eigenvalue weighted by Crippen LogP contribution is -2.53. The highest BCUT2D eigenvalue weighted by molar-refractivity contribution is 7.21. The van der Waals surface area contributed by atoms with Crippen molar-refractivity contribution in [2.45, 2.75) is 33.2 Å². The highest BCUT2D eigenvalue weighted by atomic mass is 32.1. The number of rotatable bonds is 1. The predicted molar refractivity (Wildman–Crippen MR) is 88.8 cm³/mol.